The predicted molar refractivity (Wildman–Crippen MR) is 141 cm³/mol. The van der Waals surface area contributed by atoms with Crippen LogP contribution in [0.15, 0.2) is 97.1 Å². The van der Waals surface area contributed by atoms with Crippen molar-refractivity contribution >= 4 is 34.1 Å². The maximum Gasteiger partial charge on any atom is 0.255 e. The Morgan fingerprint density at radius 2 is 1.53 bits per heavy atom. The van der Waals surface area contributed by atoms with Crippen molar-refractivity contribution in [2.45, 2.75) is 13.2 Å². The Balaban J connectivity index is 1.38. The van der Waals surface area contributed by atoms with Gasteiger partial charge in [0.1, 0.15) is 0 Å². The van der Waals surface area contributed by atoms with Crippen LogP contribution in [0.25, 0.3) is 22.2 Å². The number of aliphatic hydroxyl groups excluding tert-OH is 2. The van der Waals surface area contributed by atoms with Gasteiger partial charge >= 0.3 is 0 Å². The number of hydrogen-bond acceptors (Lipinski definition) is 6. The highest BCUT2D eigenvalue weighted by Gasteiger charge is 2.12. The molecule has 0 radical (unpaired) electrons. The molecule has 36 heavy (non-hydrogen) atoms. The van der Waals surface area contributed by atoms with Crippen molar-refractivity contribution in [1.29, 1.82) is 0 Å². The number of para-hydroxylation sites is 1. The average Bonchev–Trinajstić information content (AvgIpc) is 2.93. The largest absolute Gasteiger partial charge is 0.392 e. The SMILES string of the molecule is O=C(Nc1cc(CO)ccc1CO)c1ccc(Nc2nc(-c3ccccc3)c3ccccc3n2)cc1. The van der Waals surface area contributed by atoms with Gasteiger partial charge in [-0.2, -0.15) is 0 Å². The zero-order valence-electron chi connectivity index (χ0n) is 19.3. The van der Waals surface area contributed by atoms with Crippen molar-refractivity contribution in [3.8, 4) is 11.3 Å². The first-order valence-electron chi connectivity index (χ1n) is 11.5. The van der Waals surface area contributed by atoms with Gasteiger partial charge in [0.05, 0.1) is 24.4 Å². The molecule has 0 atom stereocenters. The number of amides is 1. The number of hydrogen-bond donors (Lipinski definition) is 4. The van der Waals surface area contributed by atoms with Crippen molar-refractivity contribution in [3.63, 3.8) is 0 Å². The van der Waals surface area contributed by atoms with Crippen LogP contribution in [0.5, 0.6) is 0 Å². The summed E-state index contributed by atoms with van der Waals surface area (Å²) in [4.78, 5) is 22.2. The van der Waals surface area contributed by atoms with E-state index in [1.54, 1.807) is 42.5 Å². The van der Waals surface area contributed by atoms with Crippen LogP contribution in [0.2, 0.25) is 0 Å². The number of nitrogens with zero attached hydrogens (tertiary/aromatic N) is 2. The summed E-state index contributed by atoms with van der Waals surface area (Å²) in [5, 5.41) is 26.0. The summed E-state index contributed by atoms with van der Waals surface area (Å²) in [5.41, 5.74) is 5.53. The number of aliphatic hydroxyl groups is 2. The molecule has 0 saturated carbocycles. The van der Waals surface area contributed by atoms with Crippen molar-refractivity contribution in [2.24, 2.45) is 0 Å². The lowest BCUT2D eigenvalue weighted by Crippen LogP contribution is -2.13. The Morgan fingerprint density at radius 1 is 0.778 bits per heavy atom. The quantitative estimate of drug-likeness (QED) is 0.255. The molecule has 0 aliphatic rings. The van der Waals surface area contributed by atoms with E-state index in [0.717, 1.165) is 27.8 Å². The first-order chi connectivity index (χ1) is 17.6. The monoisotopic (exact) mass is 476 g/mol. The zero-order chi connectivity index (χ0) is 24.9. The van der Waals surface area contributed by atoms with Crippen molar-refractivity contribution < 1.29 is 15.0 Å². The second kappa shape index (κ2) is 10.4. The number of fused-ring (bicyclic) bond motifs is 1. The molecule has 0 saturated heterocycles. The number of anilines is 3. The summed E-state index contributed by atoms with van der Waals surface area (Å²) in [6, 6.07) is 29.9. The Bertz CT molecular complexity index is 1520. The van der Waals surface area contributed by atoms with Crippen LogP contribution in [0.4, 0.5) is 17.3 Å². The molecular weight excluding hydrogens is 452 g/mol. The van der Waals surface area contributed by atoms with Crippen LogP contribution < -0.4 is 10.6 Å². The molecule has 7 heteroatoms. The van der Waals surface area contributed by atoms with Gasteiger partial charge in [0.2, 0.25) is 5.95 Å². The molecule has 1 heterocycles. The molecule has 0 aliphatic heterocycles. The third kappa shape index (κ3) is 4.93. The summed E-state index contributed by atoms with van der Waals surface area (Å²) in [7, 11) is 0. The van der Waals surface area contributed by atoms with E-state index in [9.17, 15) is 15.0 Å². The van der Waals surface area contributed by atoms with E-state index in [4.69, 9.17) is 4.98 Å². The van der Waals surface area contributed by atoms with Gasteiger partial charge in [0, 0.05) is 33.5 Å². The summed E-state index contributed by atoms with van der Waals surface area (Å²) in [6.07, 6.45) is 0. The van der Waals surface area contributed by atoms with Crippen LogP contribution >= 0.6 is 0 Å². The van der Waals surface area contributed by atoms with Gasteiger partial charge in [0.15, 0.2) is 0 Å². The lowest BCUT2D eigenvalue weighted by molar-refractivity contribution is 0.102. The van der Waals surface area contributed by atoms with Gasteiger partial charge in [-0.15, -0.1) is 0 Å². The van der Waals surface area contributed by atoms with Crippen LogP contribution in [-0.2, 0) is 13.2 Å². The molecule has 0 aliphatic carbocycles. The Morgan fingerprint density at radius 3 is 2.28 bits per heavy atom. The highest BCUT2D eigenvalue weighted by atomic mass is 16.3. The molecule has 4 N–H and O–H groups in total. The van der Waals surface area contributed by atoms with Crippen molar-refractivity contribution in [1.82, 2.24) is 9.97 Å². The maximum atomic E-state index is 12.8. The van der Waals surface area contributed by atoms with E-state index in [1.807, 2.05) is 54.6 Å². The van der Waals surface area contributed by atoms with E-state index in [0.29, 0.717) is 28.3 Å². The minimum atomic E-state index is -0.320. The smallest absolute Gasteiger partial charge is 0.255 e. The molecule has 0 fully saturated rings. The van der Waals surface area contributed by atoms with Crippen LogP contribution in [-0.4, -0.2) is 26.1 Å². The van der Waals surface area contributed by atoms with Gasteiger partial charge in [-0.05, 0) is 42.0 Å². The fraction of sp³-hybridized carbons (Fsp3) is 0.0690. The Kier molecular flexibility index (Phi) is 6.66. The van der Waals surface area contributed by atoms with Crippen LogP contribution in [0.3, 0.4) is 0 Å². The fourth-order valence-corrected chi connectivity index (χ4v) is 3.95. The fourth-order valence-electron chi connectivity index (χ4n) is 3.95. The number of carbonyl (C=O) groups excluding carboxylic acids is 1. The summed E-state index contributed by atoms with van der Waals surface area (Å²) in [5.74, 6) is 0.137. The van der Waals surface area contributed by atoms with Gasteiger partial charge in [0.25, 0.3) is 5.91 Å². The number of aromatic nitrogens is 2. The lowest BCUT2D eigenvalue weighted by atomic mass is 10.1. The van der Waals surface area contributed by atoms with Crippen LogP contribution in [0, 0.1) is 0 Å². The highest BCUT2D eigenvalue weighted by Crippen LogP contribution is 2.28. The van der Waals surface area contributed by atoms with Gasteiger partial charge < -0.3 is 20.8 Å². The van der Waals surface area contributed by atoms with Crippen LogP contribution in [0.1, 0.15) is 21.5 Å². The third-order valence-corrected chi connectivity index (χ3v) is 5.83. The molecule has 1 amide bonds. The van der Waals surface area contributed by atoms with Crippen molar-refractivity contribution in [2.75, 3.05) is 10.6 Å². The summed E-state index contributed by atoms with van der Waals surface area (Å²) in [6.45, 7) is -0.376. The average molecular weight is 477 g/mol. The first-order valence-corrected chi connectivity index (χ1v) is 11.5. The molecule has 1 aromatic heterocycles. The van der Waals surface area contributed by atoms with E-state index >= 15 is 0 Å². The molecule has 5 rings (SSSR count). The van der Waals surface area contributed by atoms with E-state index in [1.165, 1.54) is 0 Å². The molecule has 178 valence electrons. The number of nitrogens with one attached hydrogen (secondary N) is 2. The third-order valence-electron chi connectivity index (χ3n) is 5.83. The predicted octanol–water partition coefficient (Wildman–Crippen LogP) is 5.28. The maximum absolute atomic E-state index is 12.8. The Labute approximate surface area is 208 Å². The minimum absolute atomic E-state index is 0.155. The van der Waals surface area contributed by atoms with Gasteiger partial charge in [-0.3, -0.25) is 4.79 Å². The molecule has 7 nitrogen and oxygen atoms in total. The molecule has 0 bridgehead atoms. The number of benzene rings is 4. The second-order valence-corrected chi connectivity index (χ2v) is 8.24. The standard InChI is InChI=1S/C29H24N4O3/c34-17-19-10-11-22(18-35)26(16-19)31-28(36)21-12-14-23(15-13-21)30-29-32-25-9-5-4-8-24(25)27(33-29)20-6-2-1-3-7-20/h1-16,34-35H,17-18H2,(H,31,36)(H,30,32,33). The van der Waals surface area contributed by atoms with E-state index < -0.39 is 0 Å². The summed E-state index contributed by atoms with van der Waals surface area (Å²) >= 11 is 0. The van der Waals surface area contributed by atoms with E-state index in [2.05, 4.69) is 15.6 Å². The number of carbonyl (C=O) groups is 1. The van der Waals surface area contributed by atoms with Gasteiger partial charge in [-0.1, -0.05) is 60.7 Å². The summed E-state index contributed by atoms with van der Waals surface area (Å²) < 4.78 is 0. The Hall–Kier alpha value is -4.59. The second-order valence-electron chi connectivity index (χ2n) is 8.24. The van der Waals surface area contributed by atoms with Crippen molar-refractivity contribution in [3.05, 3.63) is 114 Å². The number of rotatable bonds is 7. The first kappa shape index (κ1) is 23.2. The van der Waals surface area contributed by atoms with Gasteiger partial charge in [-0.25, -0.2) is 9.97 Å². The minimum Gasteiger partial charge on any atom is -0.392 e. The lowest BCUT2D eigenvalue weighted by Gasteiger charge is -2.12. The topological polar surface area (TPSA) is 107 Å². The molecule has 4 aromatic carbocycles. The molecule has 0 unspecified atom stereocenters. The highest BCUT2D eigenvalue weighted by molar-refractivity contribution is 6.05. The molecule has 5 aromatic rings. The zero-order valence-corrected chi connectivity index (χ0v) is 19.3. The normalized spacial score (nSPS) is 10.8. The molecule has 0 spiro atoms. The van der Waals surface area contributed by atoms with E-state index in [-0.39, 0.29) is 19.1 Å². The molecular formula is C29H24N4O3.